The second kappa shape index (κ2) is 9.81. The number of phenolic OH excluding ortho intramolecular Hbond substituents is 1. The Hall–Kier alpha value is -3.45. The average Bonchev–Trinajstić information content (AvgIpc) is 3.44. The summed E-state index contributed by atoms with van der Waals surface area (Å²) in [5.41, 5.74) is 3.50. The lowest BCUT2D eigenvalue weighted by molar-refractivity contribution is -0.123. The van der Waals surface area contributed by atoms with Gasteiger partial charge < -0.3 is 20.6 Å². The normalized spacial score (nSPS) is 19.6. The predicted molar refractivity (Wildman–Crippen MR) is 133 cm³/mol. The lowest BCUT2D eigenvalue weighted by atomic mass is 9.72. The van der Waals surface area contributed by atoms with E-state index in [1.54, 1.807) is 18.3 Å². The third kappa shape index (κ3) is 4.61. The van der Waals surface area contributed by atoms with Gasteiger partial charge in [0.05, 0.1) is 23.6 Å². The fraction of sp³-hybridized carbons (Fsp3) is 0.370. The molecule has 5 rings (SSSR count). The Balaban J connectivity index is 1.32. The van der Waals surface area contributed by atoms with Crippen LogP contribution in [0.2, 0.25) is 0 Å². The van der Waals surface area contributed by atoms with E-state index in [2.05, 4.69) is 50.0 Å². The Morgan fingerprint density at radius 2 is 1.88 bits per heavy atom. The highest BCUT2D eigenvalue weighted by Crippen LogP contribution is 2.37. The predicted octanol–water partition coefficient (Wildman–Crippen LogP) is 3.26. The number of carbonyl (C=O) groups excluding carboxylic acids is 1. The molecule has 1 aromatic heterocycles. The van der Waals surface area contributed by atoms with E-state index >= 15 is 0 Å². The monoisotopic (exact) mass is 457 g/mol. The number of para-hydroxylation sites is 1. The number of nitrogens with one attached hydrogen (secondary N) is 2. The van der Waals surface area contributed by atoms with Gasteiger partial charge in [0, 0.05) is 30.6 Å². The largest absolute Gasteiger partial charge is 0.507 e. The van der Waals surface area contributed by atoms with Crippen LogP contribution in [0.3, 0.4) is 0 Å². The quantitative estimate of drug-likeness (QED) is 0.527. The zero-order valence-electron chi connectivity index (χ0n) is 19.3. The van der Waals surface area contributed by atoms with Crippen LogP contribution in [0.4, 0.5) is 5.69 Å². The summed E-state index contributed by atoms with van der Waals surface area (Å²) in [6.45, 7) is 3.25. The summed E-state index contributed by atoms with van der Waals surface area (Å²) < 4.78 is 0. The first-order valence-corrected chi connectivity index (χ1v) is 12.1. The molecule has 1 atom stereocenters. The van der Waals surface area contributed by atoms with Crippen LogP contribution in [0.5, 0.6) is 5.75 Å². The van der Waals surface area contributed by atoms with Crippen molar-refractivity contribution in [2.75, 3.05) is 31.1 Å². The number of aromatic hydroxyl groups is 1. The second-order valence-corrected chi connectivity index (χ2v) is 9.32. The molecule has 2 aliphatic heterocycles. The van der Waals surface area contributed by atoms with Gasteiger partial charge in [-0.2, -0.15) is 10.2 Å². The molecule has 1 amide bonds. The zero-order valence-corrected chi connectivity index (χ0v) is 19.3. The maximum atomic E-state index is 12.7. The Bertz CT molecular complexity index is 1120. The van der Waals surface area contributed by atoms with Gasteiger partial charge in [0.1, 0.15) is 5.75 Å². The first kappa shape index (κ1) is 22.3. The summed E-state index contributed by atoms with van der Waals surface area (Å²) in [6.07, 6.45) is 5.59. The average molecular weight is 458 g/mol. The van der Waals surface area contributed by atoms with E-state index in [0.29, 0.717) is 17.8 Å². The maximum absolute atomic E-state index is 12.7. The summed E-state index contributed by atoms with van der Waals surface area (Å²) in [5.74, 6) is 0.309. The van der Waals surface area contributed by atoms with Crippen LogP contribution in [0.1, 0.15) is 31.2 Å². The molecule has 3 aromatic rings. The third-order valence-corrected chi connectivity index (χ3v) is 7.27. The van der Waals surface area contributed by atoms with Gasteiger partial charge in [0.15, 0.2) is 0 Å². The molecule has 2 aromatic carbocycles. The zero-order chi connectivity index (χ0) is 23.4. The van der Waals surface area contributed by atoms with Crippen LogP contribution < -0.4 is 15.5 Å². The molecule has 34 heavy (non-hydrogen) atoms. The molecule has 3 N–H and O–H groups in total. The van der Waals surface area contributed by atoms with E-state index < -0.39 is 0 Å². The summed E-state index contributed by atoms with van der Waals surface area (Å²) in [7, 11) is 0. The topological polar surface area (TPSA) is 90.4 Å². The number of piperidine rings is 1. The van der Waals surface area contributed by atoms with Crippen molar-refractivity contribution in [2.45, 2.75) is 37.1 Å². The van der Waals surface area contributed by atoms with Crippen LogP contribution in [0, 0.1) is 0 Å². The number of aromatic nitrogens is 2. The van der Waals surface area contributed by atoms with Crippen LogP contribution in [-0.4, -0.2) is 53.4 Å². The van der Waals surface area contributed by atoms with Crippen molar-refractivity contribution < 1.29 is 9.90 Å². The van der Waals surface area contributed by atoms with Gasteiger partial charge in [-0.1, -0.05) is 42.5 Å². The number of hydrogen-bond donors (Lipinski definition) is 3. The number of phenols is 1. The van der Waals surface area contributed by atoms with Crippen LogP contribution in [-0.2, 0) is 10.2 Å². The van der Waals surface area contributed by atoms with Crippen LogP contribution >= 0.6 is 0 Å². The summed E-state index contributed by atoms with van der Waals surface area (Å²) >= 11 is 0. The smallest absolute Gasteiger partial charge is 0.237 e. The lowest BCUT2D eigenvalue weighted by Gasteiger charge is -2.43. The summed E-state index contributed by atoms with van der Waals surface area (Å²) in [6, 6.07) is 19.7. The fourth-order valence-electron chi connectivity index (χ4n) is 5.19. The third-order valence-electron chi connectivity index (χ3n) is 7.27. The second-order valence-electron chi connectivity index (χ2n) is 9.32. The molecule has 7 heteroatoms. The summed E-state index contributed by atoms with van der Waals surface area (Å²) in [5, 5.41) is 25.2. The van der Waals surface area contributed by atoms with E-state index in [9.17, 15) is 9.90 Å². The molecule has 0 radical (unpaired) electrons. The maximum Gasteiger partial charge on any atom is 0.237 e. The molecule has 2 fully saturated rings. The molecule has 176 valence electrons. The molecule has 7 nitrogen and oxygen atoms in total. The van der Waals surface area contributed by atoms with E-state index in [1.165, 1.54) is 5.56 Å². The molecule has 2 aliphatic rings. The van der Waals surface area contributed by atoms with Crippen molar-refractivity contribution in [3.63, 3.8) is 0 Å². The Morgan fingerprint density at radius 3 is 2.62 bits per heavy atom. The van der Waals surface area contributed by atoms with Crippen molar-refractivity contribution >= 4 is 11.6 Å². The van der Waals surface area contributed by atoms with E-state index in [4.69, 9.17) is 0 Å². The summed E-state index contributed by atoms with van der Waals surface area (Å²) in [4.78, 5) is 15.0. The molecule has 0 aliphatic carbocycles. The van der Waals surface area contributed by atoms with E-state index in [1.807, 2.05) is 24.3 Å². The van der Waals surface area contributed by atoms with Crippen molar-refractivity contribution in [3.05, 3.63) is 72.4 Å². The minimum Gasteiger partial charge on any atom is -0.507 e. The number of rotatable bonds is 6. The Kier molecular flexibility index (Phi) is 6.45. The Labute approximate surface area is 200 Å². The van der Waals surface area contributed by atoms with Crippen molar-refractivity contribution in [1.29, 1.82) is 0 Å². The minimum atomic E-state index is -0.104. The molecule has 0 saturated carbocycles. The van der Waals surface area contributed by atoms with Gasteiger partial charge in [-0.25, -0.2) is 0 Å². The number of carbonyl (C=O) groups is 1. The van der Waals surface area contributed by atoms with Crippen molar-refractivity contribution in [2.24, 2.45) is 0 Å². The van der Waals surface area contributed by atoms with Gasteiger partial charge >= 0.3 is 0 Å². The number of nitrogens with zero attached hydrogens (tertiary/aromatic N) is 3. The number of anilines is 1. The Morgan fingerprint density at radius 1 is 1.12 bits per heavy atom. The molecular formula is C27H31N5O2. The van der Waals surface area contributed by atoms with Crippen LogP contribution in [0.25, 0.3) is 11.3 Å². The SMILES string of the molecule is O=C(NCC1(c2ccccc2)CCN(c2cnnc(-c3ccccc3O)c2)CC1)[C@H]1CCCN1. The first-order chi connectivity index (χ1) is 16.6. The molecule has 2 saturated heterocycles. The van der Waals surface area contributed by atoms with Crippen molar-refractivity contribution in [3.8, 4) is 17.0 Å². The lowest BCUT2D eigenvalue weighted by Crippen LogP contribution is -2.51. The highest BCUT2D eigenvalue weighted by Gasteiger charge is 2.37. The van der Waals surface area contributed by atoms with Gasteiger partial charge in [-0.3, -0.25) is 4.79 Å². The number of hydrogen-bond acceptors (Lipinski definition) is 6. The molecular weight excluding hydrogens is 426 g/mol. The number of amides is 1. The van der Waals surface area contributed by atoms with Gasteiger partial charge in [0.25, 0.3) is 0 Å². The fourth-order valence-corrected chi connectivity index (χ4v) is 5.19. The number of benzene rings is 2. The minimum absolute atomic E-state index is 0.0661. The highest BCUT2D eigenvalue weighted by molar-refractivity contribution is 5.82. The molecule has 0 spiro atoms. The molecule has 3 heterocycles. The van der Waals surface area contributed by atoms with Crippen molar-refractivity contribution in [1.82, 2.24) is 20.8 Å². The standard InChI is InChI=1S/C27H31N5O2/c33-25-11-5-4-9-22(25)24-17-21(18-30-31-24)32-15-12-27(13-16-32,20-7-2-1-3-8-20)19-29-26(34)23-10-6-14-28-23/h1-5,7-9,11,17-18,23,28,33H,6,10,12-16,19H2,(H,29,34)/t23-/m1/s1. The van der Waals surface area contributed by atoms with Gasteiger partial charge in [-0.05, 0) is 56.0 Å². The van der Waals surface area contributed by atoms with Crippen LogP contribution in [0.15, 0.2) is 66.9 Å². The van der Waals surface area contributed by atoms with E-state index in [-0.39, 0.29) is 23.1 Å². The molecule has 0 unspecified atom stereocenters. The molecule has 0 bridgehead atoms. The van der Waals surface area contributed by atoms with E-state index in [0.717, 1.165) is 51.0 Å². The van der Waals surface area contributed by atoms with Gasteiger partial charge in [0.2, 0.25) is 5.91 Å². The van der Waals surface area contributed by atoms with Gasteiger partial charge in [-0.15, -0.1) is 0 Å². The first-order valence-electron chi connectivity index (χ1n) is 12.1. The highest BCUT2D eigenvalue weighted by atomic mass is 16.3.